The molecule has 0 aromatic heterocycles. The summed E-state index contributed by atoms with van der Waals surface area (Å²) < 4.78 is 0. The molecule has 0 saturated carbocycles. The molecule has 13 heavy (non-hydrogen) atoms. The topological polar surface area (TPSA) is 110 Å². The van der Waals surface area contributed by atoms with Gasteiger partial charge in [-0.2, -0.15) is 10.5 Å². The van der Waals surface area contributed by atoms with E-state index in [1.807, 2.05) is 0 Å². The van der Waals surface area contributed by atoms with Crippen LogP contribution in [0.25, 0.3) is 0 Å². The Morgan fingerprint density at radius 1 is 1.00 bits per heavy atom. The Kier molecular flexibility index (Phi) is 5.40. The van der Waals surface area contributed by atoms with Crippen LogP contribution in [0.5, 0.6) is 0 Å². The van der Waals surface area contributed by atoms with Crippen LogP contribution in [0.4, 0.5) is 0 Å². The van der Waals surface area contributed by atoms with Crippen LogP contribution in [-0.2, 0) is 24.2 Å². The van der Waals surface area contributed by atoms with Crippen molar-refractivity contribution in [2.45, 2.75) is 19.3 Å². The zero-order valence-corrected chi connectivity index (χ0v) is 6.56. The van der Waals surface area contributed by atoms with Gasteiger partial charge in [-0.05, 0) is 6.42 Å². The number of hydrogen-bond acceptors (Lipinski definition) is 7. The van der Waals surface area contributed by atoms with Crippen LogP contribution >= 0.6 is 0 Å². The molecule has 74 valence electrons. The van der Waals surface area contributed by atoms with Crippen LogP contribution in [-0.4, -0.2) is 28.2 Å². The third kappa shape index (κ3) is 4.88. The van der Waals surface area contributed by atoms with E-state index in [0.717, 1.165) is 0 Å². The van der Waals surface area contributed by atoms with E-state index in [1.165, 1.54) is 0 Å². The highest BCUT2D eigenvalue weighted by molar-refractivity contribution is 6.33. The van der Waals surface area contributed by atoms with Gasteiger partial charge in [-0.3, -0.25) is 9.68 Å². The quantitative estimate of drug-likeness (QED) is 0.351. The highest BCUT2D eigenvalue weighted by Crippen LogP contribution is 1.98. The minimum Gasteiger partial charge on any atom is -0.301 e. The summed E-state index contributed by atoms with van der Waals surface area (Å²) in [7, 11) is 0. The molecule has 0 aliphatic heterocycles. The molecule has 0 radical (unpaired) electrons. The van der Waals surface area contributed by atoms with Gasteiger partial charge in [-0.1, -0.05) is 0 Å². The summed E-state index contributed by atoms with van der Waals surface area (Å²) in [5.74, 6) is -3.23. The first-order chi connectivity index (χ1) is 6.11. The van der Waals surface area contributed by atoms with Gasteiger partial charge in [-0.15, -0.1) is 0 Å². The van der Waals surface area contributed by atoms with Gasteiger partial charge >= 0.3 is 11.9 Å². The molecule has 2 N–H and O–H groups in total. The van der Waals surface area contributed by atoms with Crippen molar-refractivity contribution in [3.63, 3.8) is 0 Å². The molecule has 0 spiro atoms. The van der Waals surface area contributed by atoms with E-state index < -0.39 is 17.7 Å². The highest BCUT2D eigenvalue weighted by atomic mass is 17.1. The Balaban J connectivity index is 3.59. The van der Waals surface area contributed by atoms with Crippen molar-refractivity contribution in [1.82, 2.24) is 0 Å². The number of Topliss-reactive ketones (excluding diaryl/α,β-unsaturated/α-hetero) is 1. The van der Waals surface area contributed by atoms with Gasteiger partial charge in [-0.25, -0.2) is 9.59 Å². The fourth-order valence-electron chi connectivity index (χ4n) is 0.592. The van der Waals surface area contributed by atoms with Gasteiger partial charge in [0.1, 0.15) is 0 Å². The molecule has 0 aromatic carbocycles. The molecule has 0 bridgehead atoms. The van der Waals surface area contributed by atoms with E-state index in [1.54, 1.807) is 0 Å². The first kappa shape index (κ1) is 11.5. The zero-order valence-electron chi connectivity index (χ0n) is 6.56. The van der Waals surface area contributed by atoms with Crippen LogP contribution in [0.2, 0.25) is 0 Å². The second-order valence-electron chi connectivity index (χ2n) is 2.12. The van der Waals surface area contributed by atoms with Gasteiger partial charge in [0.2, 0.25) is 5.78 Å². The Morgan fingerprint density at radius 3 is 2.08 bits per heavy atom. The number of ketones is 1. The van der Waals surface area contributed by atoms with Gasteiger partial charge in [0, 0.05) is 12.8 Å². The van der Waals surface area contributed by atoms with Crippen molar-refractivity contribution in [3.05, 3.63) is 0 Å². The molecular weight excluding hydrogens is 184 g/mol. The second-order valence-corrected chi connectivity index (χ2v) is 2.12. The van der Waals surface area contributed by atoms with Gasteiger partial charge in [0.15, 0.2) is 0 Å². The fourth-order valence-corrected chi connectivity index (χ4v) is 0.592. The maximum Gasteiger partial charge on any atom is 0.408 e. The summed E-state index contributed by atoms with van der Waals surface area (Å²) in [6.45, 7) is 0. The van der Waals surface area contributed by atoms with Crippen molar-refractivity contribution in [1.29, 1.82) is 0 Å². The summed E-state index contributed by atoms with van der Waals surface area (Å²) in [6, 6.07) is 0. The first-order valence-electron chi connectivity index (χ1n) is 3.34. The third-order valence-corrected chi connectivity index (χ3v) is 1.20. The van der Waals surface area contributed by atoms with Gasteiger partial charge in [0.25, 0.3) is 0 Å². The molecule has 7 heteroatoms. The van der Waals surface area contributed by atoms with Crippen LogP contribution in [0.1, 0.15) is 19.3 Å². The summed E-state index contributed by atoms with van der Waals surface area (Å²) in [4.78, 5) is 37.6. The lowest BCUT2D eigenvalue weighted by Crippen LogP contribution is -2.15. The summed E-state index contributed by atoms with van der Waals surface area (Å²) in [6.07, 6.45) is -0.414. The number of carbonyl (C=O) groups is 3. The zero-order chi connectivity index (χ0) is 10.3. The van der Waals surface area contributed by atoms with E-state index in [2.05, 4.69) is 9.78 Å². The number of rotatable bonds is 5. The lowest BCUT2D eigenvalue weighted by Gasteiger charge is -1.95. The molecule has 0 saturated heterocycles. The van der Waals surface area contributed by atoms with Gasteiger partial charge in [0.05, 0.1) is 0 Å². The largest absolute Gasteiger partial charge is 0.408 e. The predicted molar refractivity (Wildman–Crippen MR) is 36.3 cm³/mol. The van der Waals surface area contributed by atoms with E-state index in [-0.39, 0.29) is 19.3 Å². The normalized spacial score (nSPS) is 9.08. The molecule has 0 fully saturated rings. The SMILES string of the molecule is O=C(CCCC(=O)C(=O)OO)OO. The molecule has 0 rings (SSSR count). The molecule has 0 unspecified atom stereocenters. The summed E-state index contributed by atoms with van der Waals surface area (Å²) in [5, 5.41) is 15.5. The summed E-state index contributed by atoms with van der Waals surface area (Å²) in [5.41, 5.74) is 0. The molecule has 7 nitrogen and oxygen atoms in total. The van der Waals surface area contributed by atoms with E-state index in [0.29, 0.717) is 0 Å². The Labute approximate surface area is 72.7 Å². The lowest BCUT2D eigenvalue weighted by atomic mass is 10.2. The van der Waals surface area contributed by atoms with Crippen molar-refractivity contribution in [2.75, 3.05) is 0 Å². The first-order valence-corrected chi connectivity index (χ1v) is 3.34. The predicted octanol–water partition coefficient (Wildman–Crippen LogP) is -0.242. The standard InChI is InChI=1S/C6H8O7/c7-4(6(9)13-11)2-1-3-5(8)12-10/h10-11H,1-3H2. The van der Waals surface area contributed by atoms with Crippen LogP contribution in [0, 0.1) is 0 Å². The number of hydrogen-bond donors (Lipinski definition) is 2. The molecule has 0 amide bonds. The minimum absolute atomic E-state index is 0.0350. The maximum atomic E-state index is 10.6. The van der Waals surface area contributed by atoms with Gasteiger partial charge < -0.3 is 4.89 Å². The highest BCUT2D eigenvalue weighted by Gasteiger charge is 2.15. The Bertz CT molecular complexity index is 209. The number of carbonyl (C=O) groups excluding carboxylic acids is 3. The fraction of sp³-hybridized carbons (Fsp3) is 0.500. The Morgan fingerprint density at radius 2 is 1.62 bits per heavy atom. The van der Waals surface area contributed by atoms with Crippen LogP contribution < -0.4 is 0 Å². The van der Waals surface area contributed by atoms with Crippen LogP contribution in [0.3, 0.4) is 0 Å². The Hall–Kier alpha value is -1.47. The van der Waals surface area contributed by atoms with E-state index >= 15 is 0 Å². The lowest BCUT2D eigenvalue weighted by molar-refractivity contribution is -0.234. The third-order valence-electron chi connectivity index (χ3n) is 1.20. The average Bonchev–Trinajstić information content (AvgIpc) is 2.15. The maximum absolute atomic E-state index is 10.6. The monoisotopic (exact) mass is 192 g/mol. The molecular formula is C6H8O7. The molecule has 0 aromatic rings. The van der Waals surface area contributed by atoms with Crippen molar-refractivity contribution < 1.29 is 34.7 Å². The van der Waals surface area contributed by atoms with Crippen molar-refractivity contribution >= 4 is 17.7 Å². The van der Waals surface area contributed by atoms with Crippen molar-refractivity contribution in [3.8, 4) is 0 Å². The second kappa shape index (κ2) is 6.09. The van der Waals surface area contributed by atoms with E-state index in [4.69, 9.17) is 10.5 Å². The van der Waals surface area contributed by atoms with E-state index in [9.17, 15) is 14.4 Å². The minimum atomic E-state index is -1.38. The van der Waals surface area contributed by atoms with Crippen molar-refractivity contribution in [2.24, 2.45) is 0 Å². The smallest absolute Gasteiger partial charge is 0.301 e. The molecule has 0 heterocycles. The molecule has 0 aliphatic rings. The summed E-state index contributed by atoms with van der Waals surface area (Å²) >= 11 is 0. The average molecular weight is 192 g/mol. The molecule has 0 aliphatic carbocycles. The van der Waals surface area contributed by atoms with Crippen LogP contribution in [0.15, 0.2) is 0 Å². The molecule has 0 atom stereocenters.